The van der Waals surface area contributed by atoms with Crippen molar-refractivity contribution in [3.63, 3.8) is 0 Å². The fourth-order valence-electron chi connectivity index (χ4n) is 1.13. The first kappa shape index (κ1) is 14.5. The molecular formula is C8H5F3N2O6. The van der Waals surface area contributed by atoms with E-state index in [9.17, 15) is 28.1 Å². The van der Waals surface area contributed by atoms with Crippen LogP contribution in [0.1, 0.15) is 10.4 Å². The summed E-state index contributed by atoms with van der Waals surface area (Å²) in [5.41, 5.74) is -0.872. The number of aromatic carboxylic acids is 1. The minimum Gasteiger partial charge on any atom is -0.489 e. The molecule has 0 aromatic carbocycles. The van der Waals surface area contributed by atoms with Gasteiger partial charge in [-0.2, -0.15) is 0 Å². The number of hydrogen-bond acceptors (Lipinski definition) is 6. The molecule has 1 rings (SSSR count). The van der Waals surface area contributed by atoms with Crippen LogP contribution in [0.2, 0.25) is 0 Å². The maximum atomic E-state index is 12.1. The number of rotatable bonds is 4. The molecule has 0 aliphatic carbocycles. The summed E-state index contributed by atoms with van der Waals surface area (Å²) in [4.78, 5) is 23.1. The van der Waals surface area contributed by atoms with Crippen LogP contribution < -0.4 is 9.47 Å². The molecule has 0 saturated carbocycles. The zero-order valence-corrected chi connectivity index (χ0v) is 9.09. The molecule has 0 amide bonds. The van der Waals surface area contributed by atoms with Crippen molar-refractivity contribution in [2.75, 3.05) is 7.11 Å². The number of hydrogen-bond donors (Lipinski definition) is 1. The van der Waals surface area contributed by atoms with Gasteiger partial charge < -0.3 is 24.7 Å². The number of nitrogens with zero attached hydrogens (tertiary/aromatic N) is 2. The summed E-state index contributed by atoms with van der Waals surface area (Å²) >= 11 is 0. The van der Waals surface area contributed by atoms with Crippen molar-refractivity contribution in [2.45, 2.75) is 6.36 Å². The Kier molecular flexibility index (Phi) is 3.77. The highest BCUT2D eigenvalue weighted by molar-refractivity contribution is 5.92. The summed E-state index contributed by atoms with van der Waals surface area (Å²) in [5.74, 6) is -5.05. The third-order valence-electron chi connectivity index (χ3n) is 1.76. The molecule has 11 heteroatoms. The second kappa shape index (κ2) is 4.96. The first-order valence-corrected chi connectivity index (χ1v) is 4.38. The Morgan fingerprint density at radius 3 is 2.47 bits per heavy atom. The van der Waals surface area contributed by atoms with E-state index in [1.165, 1.54) is 0 Å². The zero-order valence-electron chi connectivity index (χ0n) is 9.09. The molecule has 0 atom stereocenters. The Morgan fingerprint density at radius 2 is 2.11 bits per heavy atom. The van der Waals surface area contributed by atoms with Crippen molar-refractivity contribution in [2.24, 2.45) is 0 Å². The molecule has 1 aromatic rings. The molecule has 104 valence electrons. The van der Waals surface area contributed by atoms with Gasteiger partial charge in [-0.3, -0.25) is 0 Å². The van der Waals surface area contributed by atoms with Gasteiger partial charge in [-0.05, 0) is 4.92 Å². The summed E-state index contributed by atoms with van der Waals surface area (Å²) in [7, 11) is 0.874. The van der Waals surface area contributed by atoms with Gasteiger partial charge in [0.1, 0.15) is 5.56 Å². The van der Waals surface area contributed by atoms with Gasteiger partial charge in [-0.1, -0.05) is 0 Å². The summed E-state index contributed by atoms with van der Waals surface area (Å²) in [5, 5.41) is 19.2. The lowest BCUT2D eigenvalue weighted by Gasteiger charge is -2.10. The van der Waals surface area contributed by atoms with E-state index >= 15 is 0 Å². The number of pyridine rings is 1. The molecule has 0 fully saturated rings. The number of methoxy groups -OCH3 is 1. The molecule has 0 aliphatic heterocycles. The van der Waals surface area contributed by atoms with Gasteiger partial charge in [0.15, 0.2) is 0 Å². The lowest BCUT2D eigenvalue weighted by atomic mass is 10.2. The Balaban J connectivity index is 3.49. The lowest BCUT2D eigenvalue weighted by molar-refractivity contribution is -0.390. The summed E-state index contributed by atoms with van der Waals surface area (Å²) < 4.78 is 44.1. The first-order valence-electron chi connectivity index (χ1n) is 4.38. The van der Waals surface area contributed by atoms with Crippen LogP contribution in [0, 0.1) is 10.1 Å². The van der Waals surface area contributed by atoms with Crippen LogP contribution in [0.4, 0.5) is 19.0 Å². The molecular weight excluding hydrogens is 277 g/mol. The molecule has 0 saturated heterocycles. The number of carboxylic acid groups (broad SMARTS) is 1. The van der Waals surface area contributed by atoms with Gasteiger partial charge in [-0.15, -0.1) is 13.2 Å². The molecule has 1 N–H and O–H groups in total. The minimum atomic E-state index is -5.20. The molecule has 0 radical (unpaired) electrons. The number of halogens is 3. The predicted molar refractivity (Wildman–Crippen MR) is 51.1 cm³/mol. The third-order valence-corrected chi connectivity index (χ3v) is 1.76. The number of alkyl halides is 3. The monoisotopic (exact) mass is 282 g/mol. The Bertz CT molecular complexity index is 530. The SMILES string of the molecule is COc1c(C(=O)O)cc([N+](=O)[O-])nc1OC(F)(F)F. The van der Waals surface area contributed by atoms with Crippen LogP contribution in [0.3, 0.4) is 0 Å². The van der Waals surface area contributed by atoms with Gasteiger partial charge in [0.25, 0.3) is 0 Å². The standard InChI is InChI=1S/C8H5F3N2O6/c1-18-5-3(7(14)15)2-4(13(16)17)12-6(5)19-8(9,10)11/h2H,1H3,(H,14,15). The largest absolute Gasteiger partial charge is 0.575 e. The molecule has 19 heavy (non-hydrogen) atoms. The first-order chi connectivity index (χ1) is 8.65. The molecule has 0 aliphatic rings. The highest BCUT2D eigenvalue weighted by atomic mass is 19.4. The average Bonchev–Trinajstić information content (AvgIpc) is 2.25. The number of nitro groups is 1. The summed E-state index contributed by atoms with van der Waals surface area (Å²) in [6.07, 6.45) is -5.20. The number of carbonyl (C=O) groups is 1. The second-order valence-corrected chi connectivity index (χ2v) is 2.98. The van der Waals surface area contributed by atoms with Gasteiger partial charge >= 0.3 is 24.0 Å². The third kappa shape index (κ3) is 3.43. The van der Waals surface area contributed by atoms with Crippen molar-refractivity contribution in [3.8, 4) is 11.6 Å². The quantitative estimate of drug-likeness (QED) is 0.659. The summed E-state index contributed by atoms with van der Waals surface area (Å²) in [6.45, 7) is 0. The average molecular weight is 282 g/mol. The highest BCUT2D eigenvalue weighted by Crippen LogP contribution is 2.35. The number of carboxylic acids is 1. The van der Waals surface area contributed by atoms with Crippen molar-refractivity contribution >= 4 is 11.8 Å². The normalized spacial score (nSPS) is 10.9. The number of aromatic nitrogens is 1. The van der Waals surface area contributed by atoms with Crippen LogP contribution >= 0.6 is 0 Å². The van der Waals surface area contributed by atoms with Crippen LogP contribution in [0.5, 0.6) is 11.6 Å². The van der Waals surface area contributed by atoms with Crippen molar-refractivity contribution in [1.29, 1.82) is 0 Å². The van der Waals surface area contributed by atoms with Gasteiger partial charge in [0, 0.05) is 4.98 Å². The van der Waals surface area contributed by atoms with Crippen molar-refractivity contribution < 1.29 is 37.5 Å². The van der Waals surface area contributed by atoms with E-state index in [0.717, 1.165) is 7.11 Å². The van der Waals surface area contributed by atoms with E-state index in [2.05, 4.69) is 14.5 Å². The topological polar surface area (TPSA) is 112 Å². The Morgan fingerprint density at radius 1 is 1.53 bits per heavy atom. The van der Waals surface area contributed by atoms with Crippen LogP contribution in [0.25, 0.3) is 0 Å². The van der Waals surface area contributed by atoms with E-state index in [4.69, 9.17) is 5.11 Å². The predicted octanol–water partition coefficient (Wildman–Crippen LogP) is 1.60. The van der Waals surface area contributed by atoms with Crippen LogP contribution in [-0.2, 0) is 0 Å². The van der Waals surface area contributed by atoms with Crippen molar-refractivity contribution in [3.05, 3.63) is 21.7 Å². The smallest absolute Gasteiger partial charge is 0.489 e. The minimum absolute atomic E-state index is 0.463. The Labute approximate surface area is 102 Å². The van der Waals surface area contributed by atoms with E-state index in [-0.39, 0.29) is 0 Å². The molecule has 1 heterocycles. The summed E-state index contributed by atoms with van der Waals surface area (Å²) in [6, 6.07) is 0.463. The highest BCUT2D eigenvalue weighted by Gasteiger charge is 2.38. The maximum absolute atomic E-state index is 12.1. The fraction of sp³-hybridized carbons (Fsp3) is 0.250. The van der Waals surface area contributed by atoms with Crippen LogP contribution in [0.15, 0.2) is 6.07 Å². The fourth-order valence-corrected chi connectivity index (χ4v) is 1.13. The van der Waals surface area contributed by atoms with Gasteiger partial charge in [0.2, 0.25) is 5.75 Å². The van der Waals surface area contributed by atoms with E-state index < -0.39 is 40.3 Å². The number of ether oxygens (including phenoxy) is 2. The maximum Gasteiger partial charge on any atom is 0.575 e. The molecule has 1 aromatic heterocycles. The molecule has 8 nitrogen and oxygen atoms in total. The van der Waals surface area contributed by atoms with Crippen LogP contribution in [-0.4, -0.2) is 34.5 Å². The van der Waals surface area contributed by atoms with E-state index in [1.807, 2.05) is 0 Å². The molecule has 0 unspecified atom stereocenters. The van der Waals surface area contributed by atoms with E-state index in [0.29, 0.717) is 6.07 Å². The Hall–Kier alpha value is -2.59. The molecule has 0 spiro atoms. The second-order valence-electron chi connectivity index (χ2n) is 2.98. The van der Waals surface area contributed by atoms with Gasteiger partial charge in [0.05, 0.1) is 13.2 Å². The van der Waals surface area contributed by atoms with Gasteiger partial charge in [-0.25, -0.2) is 4.79 Å². The zero-order chi connectivity index (χ0) is 14.8. The van der Waals surface area contributed by atoms with Crippen molar-refractivity contribution in [1.82, 2.24) is 4.98 Å². The lowest BCUT2D eigenvalue weighted by Crippen LogP contribution is -2.19. The van der Waals surface area contributed by atoms with E-state index in [1.54, 1.807) is 0 Å². The molecule has 0 bridgehead atoms.